The molecule has 2 atom stereocenters. The van der Waals surface area contributed by atoms with E-state index in [9.17, 15) is 14.7 Å². The molecule has 0 bridgehead atoms. The third-order valence-electron chi connectivity index (χ3n) is 8.55. The number of aromatic carboxylic acids is 1. The molecule has 4 aromatic rings. The number of hydrogen-bond donors (Lipinski definition) is 1. The maximum atomic E-state index is 13.2. The zero-order valence-electron chi connectivity index (χ0n) is 22.5. The van der Waals surface area contributed by atoms with Crippen LogP contribution < -0.4 is 4.90 Å². The number of nitrogens with zero attached hydrogens (tertiary/aromatic N) is 3. The van der Waals surface area contributed by atoms with E-state index in [1.165, 1.54) is 6.42 Å². The van der Waals surface area contributed by atoms with Gasteiger partial charge in [0.25, 0.3) is 0 Å². The Labute approximate surface area is 229 Å². The Morgan fingerprint density at radius 2 is 1.82 bits per heavy atom. The molecular formula is C33H35N3O3. The van der Waals surface area contributed by atoms with Gasteiger partial charge in [0.2, 0.25) is 5.91 Å². The smallest absolute Gasteiger partial charge is 0.336 e. The number of amides is 1. The number of anilines is 1. The molecule has 2 unspecified atom stereocenters. The summed E-state index contributed by atoms with van der Waals surface area (Å²) >= 11 is 0. The molecule has 2 aliphatic rings. The van der Waals surface area contributed by atoms with Gasteiger partial charge in [0.1, 0.15) is 5.82 Å². The highest BCUT2D eigenvalue weighted by molar-refractivity contribution is 5.99. The first kappa shape index (κ1) is 25.4. The monoisotopic (exact) mass is 521 g/mol. The standard InChI is InChI=1S/C33H35N3O3/c1-2-3-12-31-34-29-19-25(35-21-24-8-4-5-10-27(24)32(35)37)17-18-30(29)36(31)20-22-13-15-23(16-14-22)26-9-6-7-11-28(26)33(38)39/h6-7,9,11,13-19,24,27H,2-5,8,10,12,20-21H2,1H3,(H,38,39). The number of benzene rings is 3. The molecule has 1 aromatic heterocycles. The molecule has 3 aromatic carbocycles. The first-order valence-corrected chi connectivity index (χ1v) is 14.3. The lowest BCUT2D eigenvalue weighted by Crippen LogP contribution is -2.27. The molecular weight excluding hydrogens is 486 g/mol. The van der Waals surface area contributed by atoms with E-state index in [4.69, 9.17) is 4.98 Å². The number of fused-ring (bicyclic) bond motifs is 2. The number of carbonyl (C=O) groups is 2. The largest absolute Gasteiger partial charge is 0.478 e. The van der Waals surface area contributed by atoms with Gasteiger partial charge in [0.05, 0.1) is 16.6 Å². The van der Waals surface area contributed by atoms with E-state index in [0.29, 0.717) is 18.0 Å². The van der Waals surface area contributed by atoms with Gasteiger partial charge in [-0.25, -0.2) is 9.78 Å². The van der Waals surface area contributed by atoms with Gasteiger partial charge in [-0.1, -0.05) is 68.7 Å². The fraction of sp³-hybridized carbons (Fsp3) is 0.364. The molecule has 39 heavy (non-hydrogen) atoms. The van der Waals surface area contributed by atoms with Crippen LogP contribution in [0.2, 0.25) is 0 Å². The summed E-state index contributed by atoms with van der Waals surface area (Å²) in [5, 5.41) is 9.58. The molecule has 2 fully saturated rings. The Bertz CT molecular complexity index is 1520. The molecule has 1 aliphatic carbocycles. The predicted molar refractivity (Wildman–Crippen MR) is 154 cm³/mol. The van der Waals surface area contributed by atoms with Crippen LogP contribution in [-0.4, -0.2) is 33.1 Å². The minimum atomic E-state index is -0.922. The molecule has 6 heteroatoms. The molecule has 1 aliphatic heterocycles. The average molecular weight is 522 g/mol. The van der Waals surface area contributed by atoms with E-state index < -0.39 is 5.97 Å². The number of carboxylic acid groups (broad SMARTS) is 1. The van der Waals surface area contributed by atoms with Crippen molar-refractivity contribution in [2.24, 2.45) is 11.8 Å². The Balaban J connectivity index is 1.30. The molecule has 6 nitrogen and oxygen atoms in total. The molecule has 1 saturated heterocycles. The molecule has 200 valence electrons. The van der Waals surface area contributed by atoms with Gasteiger partial charge in [-0.2, -0.15) is 0 Å². The van der Waals surface area contributed by atoms with Crippen molar-refractivity contribution in [3.8, 4) is 11.1 Å². The third-order valence-corrected chi connectivity index (χ3v) is 8.55. The van der Waals surface area contributed by atoms with Crippen molar-refractivity contribution < 1.29 is 14.7 Å². The summed E-state index contributed by atoms with van der Waals surface area (Å²) in [7, 11) is 0. The van der Waals surface area contributed by atoms with Gasteiger partial charge in [0, 0.05) is 31.1 Å². The van der Waals surface area contributed by atoms with Gasteiger partial charge in [-0.05, 0) is 66.1 Å². The summed E-state index contributed by atoms with van der Waals surface area (Å²) in [6.45, 7) is 3.70. The minimum Gasteiger partial charge on any atom is -0.478 e. The van der Waals surface area contributed by atoms with Crippen molar-refractivity contribution in [2.75, 3.05) is 11.4 Å². The number of imidazole rings is 1. The molecule has 0 spiro atoms. The number of aryl methyl sites for hydroxylation is 1. The van der Waals surface area contributed by atoms with Crippen molar-refractivity contribution in [1.29, 1.82) is 0 Å². The Kier molecular flexibility index (Phi) is 6.94. The number of aromatic nitrogens is 2. The number of carboxylic acids is 1. The summed E-state index contributed by atoms with van der Waals surface area (Å²) < 4.78 is 2.29. The second-order valence-electron chi connectivity index (χ2n) is 11.0. The molecule has 1 saturated carbocycles. The highest BCUT2D eigenvalue weighted by atomic mass is 16.4. The molecule has 6 rings (SSSR count). The zero-order chi connectivity index (χ0) is 26.9. The second-order valence-corrected chi connectivity index (χ2v) is 11.0. The normalized spacial score (nSPS) is 19.0. The maximum Gasteiger partial charge on any atom is 0.336 e. The summed E-state index contributed by atoms with van der Waals surface area (Å²) in [6, 6.07) is 21.6. The Morgan fingerprint density at radius 1 is 1.03 bits per heavy atom. The first-order chi connectivity index (χ1) is 19.0. The van der Waals surface area contributed by atoms with Crippen molar-refractivity contribution in [3.05, 3.63) is 83.7 Å². The quantitative estimate of drug-likeness (QED) is 0.272. The van der Waals surface area contributed by atoms with Crippen LogP contribution in [0.15, 0.2) is 66.7 Å². The van der Waals surface area contributed by atoms with Crippen molar-refractivity contribution in [3.63, 3.8) is 0 Å². The van der Waals surface area contributed by atoms with Crippen LogP contribution in [-0.2, 0) is 17.8 Å². The van der Waals surface area contributed by atoms with Gasteiger partial charge in [-0.15, -0.1) is 0 Å². The van der Waals surface area contributed by atoms with Crippen LogP contribution >= 0.6 is 0 Å². The third kappa shape index (κ3) is 4.84. The van der Waals surface area contributed by atoms with Crippen LogP contribution in [0, 0.1) is 11.8 Å². The summed E-state index contributed by atoms with van der Waals surface area (Å²) in [6.07, 6.45) is 7.64. The van der Waals surface area contributed by atoms with Gasteiger partial charge in [0.15, 0.2) is 0 Å². The van der Waals surface area contributed by atoms with E-state index in [1.807, 2.05) is 29.2 Å². The lowest BCUT2D eigenvalue weighted by atomic mass is 9.81. The fourth-order valence-corrected chi connectivity index (χ4v) is 6.44. The Hall–Kier alpha value is -3.93. The van der Waals surface area contributed by atoms with Crippen molar-refractivity contribution >= 4 is 28.6 Å². The van der Waals surface area contributed by atoms with Crippen molar-refractivity contribution in [1.82, 2.24) is 9.55 Å². The average Bonchev–Trinajstić information content (AvgIpc) is 3.48. The number of hydrogen-bond acceptors (Lipinski definition) is 3. The molecule has 0 radical (unpaired) electrons. The van der Waals surface area contributed by atoms with Crippen molar-refractivity contribution in [2.45, 2.75) is 58.4 Å². The zero-order valence-corrected chi connectivity index (χ0v) is 22.5. The number of carbonyl (C=O) groups excluding carboxylic acids is 1. The topological polar surface area (TPSA) is 75.4 Å². The highest BCUT2D eigenvalue weighted by Crippen LogP contribution is 2.39. The summed E-state index contributed by atoms with van der Waals surface area (Å²) in [4.78, 5) is 31.9. The van der Waals surface area contributed by atoms with E-state index in [0.717, 1.165) is 84.3 Å². The van der Waals surface area contributed by atoms with Gasteiger partial charge >= 0.3 is 5.97 Å². The van der Waals surface area contributed by atoms with Crippen LogP contribution in [0.5, 0.6) is 0 Å². The van der Waals surface area contributed by atoms with E-state index >= 15 is 0 Å². The van der Waals surface area contributed by atoms with E-state index in [1.54, 1.807) is 12.1 Å². The van der Waals surface area contributed by atoms with E-state index in [2.05, 4.69) is 41.8 Å². The predicted octanol–water partition coefficient (Wildman–Crippen LogP) is 6.95. The lowest BCUT2D eigenvalue weighted by molar-refractivity contribution is -0.121. The number of rotatable bonds is 8. The van der Waals surface area contributed by atoms with Crippen LogP contribution in [0.1, 0.15) is 67.2 Å². The maximum absolute atomic E-state index is 13.2. The van der Waals surface area contributed by atoms with Crippen LogP contribution in [0.4, 0.5) is 5.69 Å². The van der Waals surface area contributed by atoms with Crippen LogP contribution in [0.25, 0.3) is 22.2 Å². The van der Waals surface area contributed by atoms with Gasteiger partial charge < -0.3 is 14.6 Å². The minimum absolute atomic E-state index is 0.192. The second kappa shape index (κ2) is 10.7. The van der Waals surface area contributed by atoms with E-state index in [-0.39, 0.29) is 11.8 Å². The number of unbranched alkanes of at least 4 members (excludes halogenated alkanes) is 1. The SMILES string of the molecule is CCCCc1nc2cc(N3CC4CCCCC4C3=O)ccc2n1Cc1ccc(-c2ccccc2C(=O)O)cc1. The molecule has 1 N–H and O–H groups in total. The fourth-order valence-electron chi connectivity index (χ4n) is 6.44. The Morgan fingerprint density at radius 3 is 2.59 bits per heavy atom. The highest BCUT2D eigenvalue weighted by Gasteiger charge is 2.41. The summed E-state index contributed by atoms with van der Waals surface area (Å²) in [5.41, 5.74) is 6.03. The first-order valence-electron chi connectivity index (χ1n) is 14.3. The molecule has 2 heterocycles. The van der Waals surface area contributed by atoms with Gasteiger partial charge in [-0.3, -0.25) is 4.79 Å². The lowest BCUT2D eigenvalue weighted by Gasteiger charge is -2.21. The molecule has 1 amide bonds. The summed E-state index contributed by atoms with van der Waals surface area (Å²) in [5.74, 6) is 1.11. The van der Waals surface area contributed by atoms with Crippen LogP contribution in [0.3, 0.4) is 0 Å².